The lowest BCUT2D eigenvalue weighted by molar-refractivity contribution is 0.130. The number of anilines is 2. The molecule has 1 saturated heterocycles. The Balaban J connectivity index is 1.22. The van der Waals surface area contributed by atoms with E-state index in [2.05, 4.69) is 25.3 Å². The normalized spacial score (nSPS) is 14.2. The van der Waals surface area contributed by atoms with E-state index in [1.54, 1.807) is 13.4 Å². The van der Waals surface area contributed by atoms with Crippen molar-refractivity contribution in [3.8, 4) is 11.5 Å². The van der Waals surface area contributed by atoms with Gasteiger partial charge >= 0.3 is 0 Å². The summed E-state index contributed by atoms with van der Waals surface area (Å²) in [6.07, 6.45) is 6.50. The first-order chi connectivity index (χ1) is 19.7. The van der Waals surface area contributed by atoms with E-state index in [1.807, 2.05) is 73.7 Å². The third-order valence-electron chi connectivity index (χ3n) is 7.09. The van der Waals surface area contributed by atoms with Crippen LogP contribution in [0.2, 0.25) is 0 Å². The number of methoxy groups -OCH3 is 1. The van der Waals surface area contributed by atoms with E-state index in [9.17, 15) is 0 Å². The standard InChI is InChI=1S/C32H37N5O3/c1-24(36-40-22-25-10-5-3-6-11-25)26-12-14-27(15-13-26)35-32-28-20-30(38-2)31(21-29(28)33-23-34-32)39-19-9-18-37-16-7-4-8-17-37/h3,5-6,10-15,20-21,23H,4,7-9,16-19,22H2,1-2H3,(H,33,34,35)/b36-24+. The number of aromatic nitrogens is 2. The molecule has 5 rings (SSSR count). The number of nitrogens with zero attached hydrogens (tertiary/aromatic N) is 4. The van der Waals surface area contributed by atoms with E-state index in [1.165, 1.54) is 32.4 Å². The third-order valence-corrected chi connectivity index (χ3v) is 7.09. The Morgan fingerprint density at radius 2 is 1.75 bits per heavy atom. The molecule has 0 spiro atoms. The Morgan fingerprint density at radius 1 is 0.950 bits per heavy atom. The second-order valence-corrected chi connectivity index (χ2v) is 9.98. The lowest BCUT2D eigenvalue weighted by Crippen LogP contribution is -2.31. The molecule has 1 aliphatic heterocycles. The first kappa shape index (κ1) is 27.4. The summed E-state index contributed by atoms with van der Waals surface area (Å²) in [7, 11) is 1.66. The van der Waals surface area contributed by atoms with Crippen LogP contribution in [-0.2, 0) is 11.4 Å². The quantitative estimate of drug-likeness (QED) is 0.124. The summed E-state index contributed by atoms with van der Waals surface area (Å²) in [5, 5.41) is 8.54. The minimum atomic E-state index is 0.438. The minimum absolute atomic E-state index is 0.438. The monoisotopic (exact) mass is 539 g/mol. The Kier molecular flexibility index (Phi) is 9.42. The van der Waals surface area contributed by atoms with E-state index in [0.717, 1.165) is 46.4 Å². The number of hydrogen-bond acceptors (Lipinski definition) is 8. The maximum absolute atomic E-state index is 6.12. The van der Waals surface area contributed by atoms with Gasteiger partial charge in [-0.25, -0.2) is 9.97 Å². The highest BCUT2D eigenvalue weighted by Crippen LogP contribution is 2.35. The third kappa shape index (κ3) is 7.27. The van der Waals surface area contributed by atoms with Gasteiger partial charge in [0.1, 0.15) is 18.8 Å². The molecule has 0 unspecified atom stereocenters. The van der Waals surface area contributed by atoms with Crippen LogP contribution < -0.4 is 14.8 Å². The van der Waals surface area contributed by atoms with Crippen LogP contribution in [0.3, 0.4) is 0 Å². The number of fused-ring (bicyclic) bond motifs is 1. The van der Waals surface area contributed by atoms with Crippen molar-refractivity contribution in [2.24, 2.45) is 5.16 Å². The smallest absolute Gasteiger partial charge is 0.163 e. The van der Waals surface area contributed by atoms with Gasteiger partial charge in [-0.1, -0.05) is 54.0 Å². The molecule has 3 aromatic carbocycles. The Hall–Kier alpha value is -4.17. The number of oxime groups is 1. The zero-order chi connectivity index (χ0) is 27.6. The number of hydrogen-bond donors (Lipinski definition) is 1. The first-order valence-corrected chi connectivity index (χ1v) is 14.0. The first-order valence-electron chi connectivity index (χ1n) is 14.0. The molecule has 0 bridgehead atoms. The lowest BCUT2D eigenvalue weighted by Gasteiger charge is -2.26. The number of piperidine rings is 1. The Bertz CT molecular complexity index is 1400. The lowest BCUT2D eigenvalue weighted by atomic mass is 10.1. The number of ether oxygens (including phenoxy) is 2. The molecule has 1 fully saturated rings. The average molecular weight is 540 g/mol. The Labute approximate surface area is 236 Å². The highest BCUT2D eigenvalue weighted by molar-refractivity contribution is 5.99. The van der Waals surface area contributed by atoms with Crippen molar-refractivity contribution >= 4 is 28.1 Å². The zero-order valence-corrected chi connectivity index (χ0v) is 23.3. The summed E-state index contributed by atoms with van der Waals surface area (Å²) in [4.78, 5) is 17.0. The van der Waals surface area contributed by atoms with E-state index in [0.29, 0.717) is 30.5 Å². The zero-order valence-electron chi connectivity index (χ0n) is 23.3. The fourth-order valence-electron chi connectivity index (χ4n) is 4.85. The summed E-state index contributed by atoms with van der Waals surface area (Å²) >= 11 is 0. The van der Waals surface area contributed by atoms with Crippen LogP contribution in [0, 0.1) is 0 Å². The maximum Gasteiger partial charge on any atom is 0.163 e. The minimum Gasteiger partial charge on any atom is -0.493 e. The molecule has 0 saturated carbocycles. The summed E-state index contributed by atoms with van der Waals surface area (Å²) in [5.41, 5.74) is 4.56. The predicted octanol–water partition coefficient (Wildman–Crippen LogP) is 6.58. The van der Waals surface area contributed by atoms with Crippen LogP contribution in [0.1, 0.15) is 43.7 Å². The van der Waals surface area contributed by atoms with Crippen molar-refractivity contribution in [2.75, 3.05) is 38.7 Å². The van der Waals surface area contributed by atoms with Gasteiger partial charge in [0.15, 0.2) is 11.5 Å². The van der Waals surface area contributed by atoms with Gasteiger partial charge in [-0.15, -0.1) is 0 Å². The highest BCUT2D eigenvalue weighted by Gasteiger charge is 2.13. The van der Waals surface area contributed by atoms with Crippen molar-refractivity contribution in [2.45, 2.75) is 39.2 Å². The van der Waals surface area contributed by atoms with Gasteiger partial charge in [-0.2, -0.15) is 0 Å². The van der Waals surface area contributed by atoms with Gasteiger partial charge in [0.25, 0.3) is 0 Å². The van der Waals surface area contributed by atoms with Crippen LogP contribution >= 0.6 is 0 Å². The van der Waals surface area contributed by atoms with E-state index >= 15 is 0 Å². The molecule has 8 heteroatoms. The largest absolute Gasteiger partial charge is 0.493 e. The average Bonchev–Trinajstić information content (AvgIpc) is 3.00. The molecule has 0 amide bonds. The molecule has 2 heterocycles. The molecule has 40 heavy (non-hydrogen) atoms. The molecule has 1 N–H and O–H groups in total. The molecule has 0 aliphatic carbocycles. The van der Waals surface area contributed by atoms with Crippen LogP contribution in [0.5, 0.6) is 11.5 Å². The molecule has 208 valence electrons. The van der Waals surface area contributed by atoms with E-state index in [-0.39, 0.29) is 0 Å². The summed E-state index contributed by atoms with van der Waals surface area (Å²) < 4.78 is 11.8. The summed E-state index contributed by atoms with van der Waals surface area (Å²) in [5.74, 6) is 2.07. The van der Waals surface area contributed by atoms with E-state index < -0.39 is 0 Å². The fraction of sp³-hybridized carbons (Fsp3) is 0.344. The molecule has 1 aromatic heterocycles. The van der Waals surface area contributed by atoms with Crippen LogP contribution in [0.4, 0.5) is 11.5 Å². The Morgan fingerprint density at radius 3 is 2.52 bits per heavy atom. The van der Waals surface area contributed by atoms with Crippen molar-refractivity contribution in [3.63, 3.8) is 0 Å². The molecular formula is C32H37N5O3. The highest BCUT2D eigenvalue weighted by atomic mass is 16.6. The second-order valence-electron chi connectivity index (χ2n) is 9.98. The second kappa shape index (κ2) is 13.8. The van der Waals surface area contributed by atoms with Crippen LogP contribution in [-0.4, -0.2) is 53.9 Å². The van der Waals surface area contributed by atoms with Gasteiger partial charge in [0.05, 0.1) is 24.9 Å². The summed E-state index contributed by atoms with van der Waals surface area (Å²) in [6, 6.07) is 21.9. The van der Waals surface area contributed by atoms with Gasteiger partial charge < -0.3 is 24.5 Å². The van der Waals surface area contributed by atoms with Crippen molar-refractivity contribution in [3.05, 3.63) is 84.2 Å². The van der Waals surface area contributed by atoms with E-state index in [4.69, 9.17) is 14.3 Å². The van der Waals surface area contributed by atoms with Crippen molar-refractivity contribution in [1.29, 1.82) is 0 Å². The van der Waals surface area contributed by atoms with Gasteiger partial charge in [0, 0.05) is 23.7 Å². The van der Waals surface area contributed by atoms with Crippen molar-refractivity contribution in [1.82, 2.24) is 14.9 Å². The number of nitrogens with one attached hydrogen (secondary N) is 1. The van der Waals surface area contributed by atoms with Gasteiger partial charge in [-0.05, 0) is 68.6 Å². The fourth-order valence-corrected chi connectivity index (χ4v) is 4.85. The number of likely N-dealkylation sites (tertiary alicyclic amines) is 1. The number of benzene rings is 3. The SMILES string of the molecule is COc1cc2c(Nc3ccc(/C(C)=N/OCc4ccccc4)cc3)ncnc2cc1OCCCN1CCCCC1. The predicted molar refractivity (Wildman–Crippen MR) is 160 cm³/mol. The topological polar surface area (TPSA) is 81.1 Å². The maximum atomic E-state index is 6.12. The molecule has 8 nitrogen and oxygen atoms in total. The molecule has 0 radical (unpaired) electrons. The van der Waals surface area contributed by atoms with Gasteiger partial charge in [0.2, 0.25) is 0 Å². The molecule has 0 atom stereocenters. The number of rotatable bonds is 12. The summed E-state index contributed by atoms with van der Waals surface area (Å²) in [6.45, 7) is 6.48. The van der Waals surface area contributed by atoms with Crippen LogP contribution in [0.15, 0.2) is 78.2 Å². The molecular weight excluding hydrogens is 502 g/mol. The van der Waals surface area contributed by atoms with Gasteiger partial charge in [-0.3, -0.25) is 0 Å². The molecule has 4 aromatic rings. The van der Waals surface area contributed by atoms with Crippen LogP contribution in [0.25, 0.3) is 10.9 Å². The molecule has 1 aliphatic rings. The van der Waals surface area contributed by atoms with Crippen molar-refractivity contribution < 1.29 is 14.3 Å².